The molecule has 0 aliphatic heterocycles. The number of aryl methyl sites for hydroxylation is 2. The summed E-state index contributed by atoms with van der Waals surface area (Å²) in [6, 6.07) is 7.75. The highest BCUT2D eigenvalue weighted by atomic mass is 79.9. The molecule has 4 nitrogen and oxygen atoms in total. The van der Waals surface area contributed by atoms with E-state index in [1.165, 1.54) is 11.1 Å². The Morgan fingerprint density at radius 2 is 1.88 bits per heavy atom. The Hall–Kier alpha value is -1.62. The van der Waals surface area contributed by atoms with Crippen molar-refractivity contribution in [2.75, 3.05) is 11.1 Å². The highest BCUT2D eigenvalue weighted by Crippen LogP contribution is 2.19. The molecule has 0 unspecified atom stereocenters. The number of benzene rings is 1. The molecule has 1 aromatic carbocycles. The fourth-order valence-corrected chi connectivity index (χ4v) is 1.84. The van der Waals surface area contributed by atoms with Crippen LogP contribution in [-0.2, 0) is 0 Å². The lowest BCUT2D eigenvalue weighted by Gasteiger charge is -2.08. The predicted molar refractivity (Wildman–Crippen MR) is 73.3 cm³/mol. The molecular formula is C12H13BrN4. The standard InChI is InChI=1S/C12H13BrN4/c1-7-3-4-9(5-8(7)2)15-12-16-10(13)6-11(14)17-12/h3-6H,1-2H3,(H3,14,15,16,17). The van der Waals surface area contributed by atoms with E-state index in [1.54, 1.807) is 6.07 Å². The number of hydrogen-bond acceptors (Lipinski definition) is 4. The fraction of sp³-hybridized carbons (Fsp3) is 0.167. The van der Waals surface area contributed by atoms with Crippen molar-refractivity contribution in [1.82, 2.24) is 9.97 Å². The van der Waals surface area contributed by atoms with Crippen LogP contribution in [0.5, 0.6) is 0 Å². The van der Waals surface area contributed by atoms with E-state index in [2.05, 4.69) is 57.2 Å². The number of nitrogens with zero attached hydrogens (tertiary/aromatic N) is 2. The minimum atomic E-state index is 0.429. The van der Waals surface area contributed by atoms with Crippen LogP contribution in [0.15, 0.2) is 28.9 Å². The number of rotatable bonds is 2. The van der Waals surface area contributed by atoms with E-state index in [9.17, 15) is 0 Å². The first kappa shape index (κ1) is 11.9. The van der Waals surface area contributed by atoms with Gasteiger partial charge in [-0.1, -0.05) is 6.07 Å². The van der Waals surface area contributed by atoms with Crippen LogP contribution in [0.3, 0.4) is 0 Å². The molecule has 88 valence electrons. The first-order valence-corrected chi connectivity index (χ1v) is 5.98. The normalized spacial score (nSPS) is 10.3. The molecule has 17 heavy (non-hydrogen) atoms. The molecule has 0 aliphatic carbocycles. The summed E-state index contributed by atoms with van der Waals surface area (Å²) >= 11 is 3.28. The predicted octanol–water partition coefficient (Wildman–Crippen LogP) is 3.18. The molecule has 0 aliphatic rings. The molecule has 0 saturated heterocycles. The molecule has 0 fully saturated rings. The third-order valence-corrected chi connectivity index (χ3v) is 2.88. The zero-order chi connectivity index (χ0) is 12.4. The Morgan fingerprint density at radius 3 is 2.53 bits per heavy atom. The quantitative estimate of drug-likeness (QED) is 0.835. The van der Waals surface area contributed by atoms with Crippen LogP contribution in [0.4, 0.5) is 17.5 Å². The van der Waals surface area contributed by atoms with Gasteiger partial charge in [0.25, 0.3) is 0 Å². The van der Waals surface area contributed by atoms with Gasteiger partial charge in [0, 0.05) is 11.8 Å². The fourth-order valence-electron chi connectivity index (χ4n) is 1.44. The lowest BCUT2D eigenvalue weighted by molar-refractivity contribution is 1.15. The van der Waals surface area contributed by atoms with Gasteiger partial charge < -0.3 is 11.1 Å². The van der Waals surface area contributed by atoms with E-state index < -0.39 is 0 Å². The first-order valence-electron chi connectivity index (χ1n) is 5.19. The SMILES string of the molecule is Cc1ccc(Nc2nc(N)cc(Br)n2)cc1C. The Morgan fingerprint density at radius 1 is 1.12 bits per heavy atom. The Bertz CT molecular complexity index is 534. The molecule has 0 spiro atoms. The van der Waals surface area contributed by atoms with Gasteiger partial charge >= 0.3 is 0 Å². The Labute approximate surface area is 108 Å². The van der Waals surface area contributed by atoms with E-state index in [-0.39, 0.29) is 0 Å². The second-order valence-corrected chi connectivity index (χ2v) is 4.68. The average molecular weight is 293 g/mol. The summed E-state index contributed by atoms with van der Waals surface area (Å²) in [5, 5.41) is 3.12. The van der Waals surface area contributed by atoms with Crippen molar-refractivity contribution in [2.24, 2.45) is 0 Å². The van der Waals surface area contributed by atoms with Gasteiger partial charge in [0.2, 0.25) is 5.95 Å². The third kappa shape index (κ3) is 2.94. The topological polar surface area (TPSA) is 63.8 Å². The van der Waals surface area contributed by atoms with Gasteiger partial charge in [0.05, 0.1) is 0 Å². The minimum absolute atomic E-state index is 0.429. The summed E-state index contributed by atoms with van der Waals surface area (Å²) in [7, 11) is 0. The zero-order valence-electron chi connectivity index (χ0n) is 9.66. The molecule has 5 heteroatoms. The minimum Gasteiger partial charge on any atom is -0.383 e. The van der Waals surface area contributed by atoms with Crippen LogP contribution in [0.1, 0.15) is 11.1 Å². The van der Waals surface area contributed by atoms with Crippen LogP contribution >= 0.6 is 15.9 Å². The lowest BCUT2D eigenvalue weighted by atomic mass is 10.1. The first-order chi connectivity index (χ1) is 8.04. The van der Waals surface area contributed by atoms with Gasteiger partial charge in [-0.15, -0.1) is 0 Å². The molecule has 1 heterocycles. The van der Waals surface area contributed by atoms with Crippen molar-refractivity contribution in [1.29, 1.82) is 0 Å². The summed E-state index contributed by atoms with van der Waals surface area (Å²) in [5.74, 6) is 0.915. The molecule has 3 N–H and O–H groups in total. The molecule has 0 bridgehead atoms. The second kappa shape index (κ2) is 4.71. The molecule has 0 amide bonds. The van der Waals surface area contributed by atoms with E-state index in [4.69, 9.17) is 5.73 Å². The molecule has 0 radical (unpaired) electrons. The number of nitrogens with two attached hydrogens (primary N) is 1. The third-order valence-electron chi connectivity index (χ3n) is 2.48. The summed E-state index contributed by atoms with van der Waals surface area (Å²) in [4.78, 5) is 8.30. The van der Waals surface area contributed by atoms with Gasteiger partial charge in [-0.3, -0.25) is 0 Å². The van der Waals surface area contributed by atoms with Crippen LogP contribution in [-0.4, -0.2) is 9.97 Å². The number of nitrogen functional groups attached to an aromatic ring is 1. The van der Waals surface area contributed by atoms with E-state index in [1.807, 2.05) is 6.07 Å². The summed E-state index contributed by atoms with van der Waals surface area (Å²) in [5.41, 5.74) is 9.07. The molecular weight excluding hydrogens is 280 g/mol. The summed E-state index contributed by atoms with van der Waals surface area (Å²) in [6.07, 6.45) is 0. The molecule has 2 aromatic rings. The number of hydrogen-bond donors (Lipinski definition) is 2. The van der Waals surface area contributed by atoms with Crippen molar-refractivity contribution >= 4 is 33.4 Å². The molecule has 0 atom stereocenters. The van der Waals surface area contributed by atoms with Crippen molar-refractivity contribution in [2.45, 2.75) is 13.8 Å². The van der Waals surface area contributed by atoms with Crippen LogP contribution in [0.2, 0.25) is 0 Å². The smallest absolute Gasteiger partial charge is 0.230 e. The Kier molecular flexibility index (Phi) is 3.28. The van der Waals surface area contributed by atoms with Crippen molar-refractivity contribution in [3.05, 3.63) is 40.0 Å². The maximum atomic E-state index is 5.65. The van der Waals surface area contributed by atoms with E-state index in [0.717, 1.165) is 5.69 Å². The van der Waals surface area contributed by atoms with Crippen LogP contribution < -0.4 is 11.1 Å². The number of anilines is 3. The summed E-state index contributed by atoms with van der Waals surface area (Å²) < 4.78 is 0.663. The van der Waals surface area contributed by atoms with E-state index in [0.29, 0.717) is 16.4 Å². The average Bonchev–Trinajstić information content (AvgIpc) is 2.22. The highest BCUT2D eigenvalue weighted by Gasteiger charge is 2.02. The lowest BCUT2D eigenvalue weighted by Crippen LogP contribution is -2.00. The maximum absolute atomic E-state index is 5.65. The van der Waals surface area contributed by atoms with Gasteiger partial charge in [-0.05, 0) is 53.0 Å². The van der Waals surface area contributed by atoms with Crippen molar-refractivity contribution < 1.29 is 0 Å². The zero-order valence-corrected chi connectivity index (χ0v) is 11.2. The molecule has 0 saturated carbocycles. The highest BCUT2D eigenvalue weighted by molar-refractivity contribution is 9.10. The van der Waals surface area contributed by atoms with Gasteiger partial charge in [-0.2, -0.15) is 4.98 Å². The van der Waals surface area contributed by atoms with Gasteiger partial charge in [0.15, 0.2) is 0 Å². The van der Waals surface area contributed by atoms with Crippen LogP contribution in [0.25, 0.3) is 0 Å². The van der Waals surface area contributed by atoms with Gasteiger partial charge in [0.1, 0.15) is 10.4 Å². The second-order valence-electron chi connectivity index (χ2n) is 3.86. The number of aromatic nitrogens is 2. The monoisotopic (exact) mass is 292 g/mol. The Balaban J connectivity index is 2.28. The van der Waals surface area contributed by atoms with Crippen molar-refractivity contribution in [3.8, 4) is 0 Å². The number of nitrogens with one attached hydrogen (secondary N) is 1. The maximum Gasteiger partial charge on any atom is 0.230 e. The number of halogens is 1. The van der Waals surface area contributed by atoms with Crippen molar-refractivity contribution in [3.63, 3.8) is 0 Å². The van der Waals surface area contributed by atoms with Crippen LogP contribution in [0, 0.1) is 13.8 Å². The largest absolute Gasteiger partial charge is 0.383 e. The van der Waals surface area contributed by atoms with Gasteiger partial charge in [-0.25, -0.2) is 4.98 Å². The molecule has 2 rings (SSSR count). The molecule has 1 aromatic heterocycles. The van der Waals surface area contributed by atoms with E-state index >= 15 is 0 Å². The summed E-state index contributed by atoms with van der Waals surface area (Å²) in [6.45, 7) is 4.14.